The molecule has 0 saturated carbocycles. The molecule has 4 rings (SSSR count). The molecule has 3 aromatic rings. The molecule has 0 spiro atoms. The van der Waals surface area contributed by atoms with E-state index in [1.807, 2.05) is 13.1 Å². The summed E-state index contributed by atoms with van der Waals surface area (Å²) in [4.78, 5) is 6.95. The van der Waals surface area contributed by atoms with Gasteiger partial charge in [0, 0.05) is 53.5 Å². The van der Waals surface area contributed by atoms with E-state index in [2.05, 4.69) is 72.6 Å². The van der Waals surface area contributed by atoms with Crippen LogP contribution in [-0.4, -0.2) is 27.0 Å². The molecule has 0 amide bonds. The third-order valence-electron chi connectivity index (χ3n) is 6.07. The molecule has 0 atom stereocenters. The number of nitrogens with zero attached hydrogens (tertiary/aromatic N) is 3. The zero-order chi connectivity index (χ0) is 18.5. The SMILES string of the molecule is Cc1ccc2c(c1)c1c(n2CCc2ccc(C)nc2)CC(C)(C)N(C)C1. The lowest BCUT2D eigenvalue weighted by molar-refractivity contribution is 0.130. The normalized spacial score (nSPS) is 16.8. The van der Waals surface area contributed by atoms with E-state index in [0.29, 0.717) is 0 Å². The van der Waals surface area contributed by atoms with Gasteiger partial charge in [0.1, 0.15) is 0 Å². The molecule has 3 nitrogen and oxygen atoms in total. The Labute approximate surface area is 156 Å². The Morgan fingerprint density at radius 3 is 2.65 bits per heavy atom. The van der Waals surface area contributed by atoms with Crippen LogP contribution in [0.3, 0.4) is 0 Å². The molecule has 0 bridgehead atoms. The number of hydrogen-bond donors (Lipinski definition) is 0. The fraction of sp³-hybridized carbons (Fsp3) is 0.435. The van der Waals surface area contributed by atoms with Crippen molar-refractivity contribution >= 4 is 10.9 Å². The molecule has 0 fully saturated rings. The summed E-state index contributed by atoms with van der Waals surface area (Å²) in [5.74, 6) is 0. The van der Waals surface area contributed by atoms with Gasteiger partial charge in [-0.1, -0.05) is 17.7 Å². The van der Waals surface area contributed by atoms with Crippen molar-refractivity contribution < 1.29 is 0 Å². The molecule has 1 aliphatic rings. The standard InChI is InChI=1S/C23H29N3/c1-16-6-9-21-19(12-16)20-15-25(5)23(3,4)13-22(20)26(21)11-10-18-8-7-17(2)24-14-18/h6-9,12,14H,10-11,13,15H2,1-5H3. The van der Waals surface area contributed by atoms with Gasteiger partial charge in [0.2, 0.25) is 0 Å². The number of rotatable bonds is 3. The van der Waals surface area contributed by atoms with Crippen molar-refractivity contribution in [3.63, 3.8) is 0 Å². The zero-order valence-electron chi connectivity index (χ0n) is 16.6. The largest absolute Gasteiger partial charge is 0.344 e. The second-order valence-electron chi connectivity index (χ2n) is 8.50. The number of pyridine rings is 1. The van der Waals surface area contributed by atoms with Gasteiger partial charge >= 0.3 is 0 Å². The summed E-state index contributed by atoms with van der Waals surface area (Å²) in [6.45, 7) is 11.0. The van der Waals surface area contributed by atoms with E-state index < -0.39 is 0 Å². The van der Waals surface area contributed by atoms with Crippen molar-refractivity contribution in [1.29, 1.82) is 0 Å². The van der Waals surface area contributed by atoms with Crippen LogP contribution in [0.4, 0.5) is 0 Å². The Kier molecular flexibility index (Phi) is 4.15. The molecule has 0 aliphatic carbocycles. The van der Waals surface area contributed by atoms with E-state index in [1.165, 1.54) is 33.3 Å². The van der Waals surface area contributed by atoms with Crippen molar-refractivity contribution in [1.82, 2.24) is 14.5 Å². The van der Waals surface area contributed by atoms with Crippen LogP contribution in [0.25, 0.3) is 10.9 Å². The Morgan fingerprint density at radius 2 is 1.92 bits per heavy atom. The number of hydrogen-bond acceptors (Lipinski definition) is 2. The van der Waals surface area contributed by atoms with Gasteiger partial charge in [-0.05, 0) is 70.5 Å². The van der Waals surface area contributed by atoms with Crippen LogP contribution < -0.4 is 0 Å². The van der Waals surface area contributed by atoms with E-state index in [1.54, 1.807) is 0 Å². The third kappa shape index (κ3) is 2.95. The predicted octanol–water partition coefficient (Wildman–Crippen LogP) is 4.66. The summed E-state index contributed by atoms with van der Waals surface area (Å²) in [5, 5.41) is 1.43. The monoisotopic (exact) mass is 347 g/mol. The lowest BCUT2D eigenvalue weighted by Gasteiger charge is -2.40. The molecule has 3 heteroatoms. The minimum atomic E-state index is 0.194. The number of benzene rings is 1. The van der Waals surface area contributed by atoms with Gasteiger partial charge in [0.05, 0.1) is 0 Å². The van der Waals surface area contributed by atoms with Gasteiger partial charge in [-0.15, -0.1) is 0 Å². The quantitative estimate of drug-likeness (QED) is 0.687. The van der Waals surface area contributed by atoms with Gasteiger partial charge < -0.3 is 4.57 Å². The van der Waals surface area contributed by atoms with Gasteiger partial charge in [-0.25, -0.2) is 0 Å². The van der Waals surface area contributed by atoms with E-state index >= 15 is 0 Å². The summed E-state index contributed by atoms with van der Waals surface area (Å²) in [5.41, 5.74) is 8.35. The minimum Gasteiger partial charge on any atom is -0.344 e. The maximum Gasteiger partial charge on any atom is 0.0486 e. The first-order chi connectivity index (χ1) is 12.3. The molecule has 26 heavy (non-hydrogen) atoms. The predicted molar refractivity (Wildman–Crippen MR) is 109 cm³/mol. The number of fused-ring (bicyclic) bond motifs is 3. The van der Waals surface area contributed by atoms with Gasteiger partial charge in [0.25, 0.3) is 0 Å². The summed E-state index contributed by atoms with van der Waals surface area (Å²) in [7, 11) is 2.25. The van der Waals surface area contributed by atoms with Crippen molar-refractivity contribution in [3.8, 4) is 0 Å². The average molecular weight is 348 g/mol. The van der Waals surface area contributed by atoms with Crippen LogP contribution in [0.1, 0.15) is 41.9 Å². The molecular formula is C23H29N3. The van der Waals surface area contributed by atoms with Crippen LogP contribution in [0, 0.1) is 13.8 Å². The van der Waals surface area contributed by atoms with Crippen LogP contribution in [0.2, 0.25) is 0 Å². The van der Waals surface area contributed by atoms with Crippen LogP contribution >= 0.6 is 0 Å². The van der Waals surface area contributed by atoms with Crippen molar-refractivity contribution in [2.45, 2.75) is 59.2 Å². The molecule has 1 aliphatic heterocycles. The number of likely N-dealkylation sites (N-methyl/N-ethyl adjacent to an activating group) is 1. The molecule has 0 radical (unpaired) electrons. The van der Waals surface area contributed by atoms with E-state index in [9.17, 15) is 0 Å². The zero-order valence-corrected chi connectivity index (χ0v) is 16.6. The third-order valence-corrected chi connectivity index (χ3v) is 6.07. The first-order valence-electron chi connectivity index (χ1n) is 9.58. The maximum absolute atomic E-state index is 4.46. The second kappa shape index (κ2) is 6.24. The summed E-state index contributed by atoms with van der Waals surface area (Å²) >= 11 is 0. The van der Waals surface area contributed by atoms with Crippen LogP contribution in [0.5, 0.6) is 0 Å². The average Bonchev–Trinajstić information content (AvgIpc) is 2.86. The van der Waals surface area contributed by atoms with Crippen molar-refractivity contribution in [3.05, 3.63) is 64.6 Å². The highest BCUT2D eigenvalue weighted by molar-refractivity contribution is 5.86. The molecule has 0 N–H and O–H groups in total. The maximum atomic E-state index is 4.46. The summed E-state index contributed by atoms with van der Waals surface area (Å²) < 4.78 is 2.57. The van der Waals surface area contributed by atoms with E-state index in [0.717, 1.165) is 31.6 Å². The second-order valence-corrected chi connectivity index (χ2v) is 8.50. The number of aromatic nitrogens is 2. The van der Waals surface area contributed by atoms with E-state index in [4.69, 9.17) is 0 Å². The molecule has 0 saturated heterocycles. The first kappa shape index (κ1) is 17.3. The molecular weight excluding hydrogens is 318 g/mol. The van der Waals surface area contributed by atoms with E-state index in [-0.39, 0.29) is 5.54 Å². The minimum absolute atomic E-state index is 0.194. The summed E-state index contributed by atoms with van der Waals surface area (Å²) in [6, 6.07) is 11.2. The lowest BCUT2D eigenvalue weighted by Crippen LogP contribution is -2.46. The molecule has 136 valence electrons. The molecule has 2 aromatic heterocycles. The fourth-order valence-electron chi connectivity index (χ4n) is 4.11. The molecule has 0 unspecified atom stereocenters. The molecule has 1 aromatic carbocycles. The Bertz CT molecular complexity index is 948. The van der Waals surface area contributed by atoms with Crippen LogP contribution in [0.15, 0.2) is 36.5 Å². The highest BCUT2D eigenvalue weighted by atomic mass is 15.2. The first-order valence-corrected chi connectivity index (χ1v) is 9.58. The Balaban J connectivity index is 1.77. The smallest absolute Gasteiger partial charge is 0.0486 e. The van der Waals surface area contributed by atoms with Crippen molar-refractivity contribution in [2.75, 3.05) is 7.05 Å². The summed E-state index contributed by atoms with van der Waals surface area (Å²) in [6.07, 6.45) is 4.14. The van der Waals surface area contributed by atoms with Gasteiger partial charge in [0.15, 0.2) is 0 Å². The Morgan fingerprint density at radius 1 is 1.12 bits per heavy atom. The van der Waals surface area contributed by atoms with Crippen molar-refractivity contribution in [2.24, 2.45) is 0 Å². The van der Waals surface area contributed by atoms with Gasteiger partial charge in [-0.2, -0.15) is 0 Å². The topological polar surface area (TPSA) is 21.1 Å². The molecule has 3 heterocycles. The Hall–Kier alpha value is -2.13. The van der Waals surface area contributed by atoms with Gasteiger partial charge in [-0.3, -0.25) is 9.88 Å². The highest BCUT2D eigenvalue weighted by Crippen LogP contribution is 2.36. The lowest BCUT2D eigenvalue weighted by atomic mass is 9.89. The van der Waals surface area contributed by atoms with Crippen LogP contribution in [-0.2, 0) is 25.9 Å². The number of aryl methyl sites for hydroxylation is 4. The fourth-order valence-corrected chi connectivity index (χ4v) is 4.11. The highest BCUT2D eigenvalue weighted by Gasteiger charge is 2.33.